The van der Waals surface area contributed by atoms with E-state index in [4.69, 9.17) is 4.74 Å². The number of anilines is 1. The minimum absolute atomic E-state index is 0.0649. The van der Waals surface area contributed by atoms with Crippen molar-refractivity contribution in [2.75, 3.05) is 18.6 Å². The number of halogens is 1. The van der Waals surface area contributed by atoms with Gasteiger partial charge in [-0.15, -0.1) is 6.58 Å². The summed E-state index contributed by atoms with van der Waals surface area (Å²) in [4.78, 5) is 29.4. The second kappa shape index (κ2) is 5.52. The molecule has 0 bridgehead atoms. The van der Waals surface area contributed by atoms with Gasteiger partial charge in [-0.25, -0.2) is 9.78 Å². The number of nitrogens with zero attached hydrogens (tertiary/aromatic N) is 2. The highest BCUT2D eigenvalue weighted by Crippen LogP contribution is 2.28. The van der Waals surface area contributed by atoms with Crippen molar-refractivity contribution in [1.29, 1.82) is 0 Å². The SMILES string of the molecule is C=CC1CC(=O)N(c2ncc(Br)cc2C(=O)OC)C1. The van der Waals surface area contributed by atoms with Gasteiger partial charge in [-0.05, 0) is 22.0 Å². The number of ether oxygens (including phenoxy) is 1. The average Bonchev–Trinajstić information content (AvgIpc) is 2.79. The Hall–Kier alpha value is -1.69. The van der Waals surface area contributed by atoms with Gasteiger partial charge in [-0.3, -0.25) is 9.69 Å². The molecule has 19 heavy (non-hydrogen) atoms. The van der Waals surface area contributed by atoms with Crippen LogP contribution < -0.4 is 4.90 Å². The minimum atomic E-state index is -0.515. The number of rotatable bonds is 3. The number of hydrogen-bond donors (Lipinski definition) is 0. The molecule has 0 N–H and O–H groups in total. The van der Waals surface area contributed by atoms with Crippen LogP contribution in [0.15, 0.2) is 29.4 Å². The van der Waals surface area contributed by atoms with E-state index in [-0.39, 0.29) is 17.4 Å². The van der Waals surface area contributed by atoms with Gasteiger partial charge in [0.1, 0.15) is 11.4 Å². The number of carbonyl (C=O) groups is 2. The molecule has 100 valence electrons. The minimum Gasteiger partial charge on any atom is -0.465 e. The van der Waals surface area contributed by atoms with Crippen LogP contribution in [0, 0.1) is 5.92 Å². The van der Waals surface area contributed by atoms with Crippen LogP contribution in [0.4, 0.5) is 5.82 Å². The van der Waals surface area contributed by atoms with E-state index in [1.807, 2.05) is 0 Å². The van der Waals surface area contributed by atoms with Crippen LogP contribution in [0.5, 0.6) is 0 Å². The van der Waals surface area contributed by atoms with Crippen LogP contribution in [0.25, 0.3) is 0 Å². The lowest BCUT2D eigenvalue weighted by Gasteiger charge is -2.17. The molecule has 1 aliphatic heterocycles. The number of methoxy groups -OCH3 is 1. The molecule has 0 saturated carbocycles. The molecule has 1 fully saturated rings. The molecule has 1 atom stereocenters. The van der Waals surface area contributed by atoms with E-state index >= 15 is 0 Å². The third-order valence-electron chi connectivity index (χ3n) is 2.98. The fraction of sp³-hybridized carbons (Fsp3) is 0.308. The van der Waals surface area contributed by atoms with Crippen molar-refractivity contribution >= 4 is 33.6 Å². The van der Waals surface area contributed by atoms with Crippen LogP contribution in [0.2, 0.25) is 0 Å². The molecular weight excluding hydrogens is 312 g/mol. The number of esters is 1. The van der Waals surface area contributed by atoms with Crippen LogP contribution in [-0.2, 0) is 9.53 Å². The number of carbonyl (C=O) groups excluding carboxylic acids is 2. The van der Waals surface area contributed by atoms with Gasteiger partial charge in [0, 0.05) is 29.6 Å². The molecule has 2 rings (SSSR count). The zero-order valence-electron chi connectivity index (χ0n) is 10.4. The Morgan fingerprint density at radius 2 is 2.42 bits per heavy atom. The first-order chi connectivity index (χ1) is 9.06. The van der Waals surface area contributed by atoms with Gasteiger partial charge in [0.05, 0.1) is 7.11 Å². The highest BCUT2D eigenvalue weighted by atomic mass is 79.9. The average molecular weight is 325 g/mol. The van der Waals surface area contributed by atoms with E-state index in [1.165, 1.54) is 12.0 Å². The Morgan fingerprint density at radius 3 is 3.00 bits per heavy atom. The van der Waals surface area contributed by atoms with E-state index in [0.717, 1.165) is 0 Å². The maximum absolute atomic E-state index is 12.0. The van der Waals surface area contributed by atoms with Crippen LogP contribution in [0.3, 0.4) is 0 Å². The number of pyridine rings is 1. The van der Waals surface area contributed by atoms with Crippen molar-refractivity contribution in [2.45, 2.75) is 6.42 Å². The molecule has 1 amide bonds. The topological polar surface area (TPSA) is 59.5 Å². The predicted octanol–water partition coefficient (Wildman–Crippen LogP) is 2.17. The van der Waals surface area contributed by atoms with Crippen molar-refractivity contribution in [3.63, 3.8) is 0 Å². The van der Waals surface area contributed by atoms with E-state index in [2.05, 4.69) is 27.5 Å². The fourth-order valence-electron chi connectivity index (χ4n) is 2.01. The Balaban J connectivity index is 2.42. The highest BCUT2D eigenvalue weighted by molar-refractivity contribution is 9.10. The summed E-state index contributed by atoms with van der Waals surface area (Å²) in [5, 5.41) is 0. The number of hydrogen-bond acceptors (Lipinski definition) is 4. The van der Waals surface area contributed by atoms with Crippen molar-refractivity contribution in [1.82, 2.24) is 4.98 Å². The number of amides is 1. The molecule has 1 aromatic heterocycles. The first kappa shape index (κ1) is 13.7. The maximum atomic E-state index is 12.0. The fourth-order valence-corrected chi connectivity index (χ4v) is 2.34. The van der Waals surface area contributed by atoms with E-state index in [0.29, 0.717) is 23.3 Å². The predicted molar refractivity (Wildman–Crippen MR) is 73.9 cm³/mol. The molecule has 1 aromatic rings. The number of aromatic nitrogens is 1. The molecule has 0 aliphatic carbocycles. The Bertz CT molecular complexity index is 545. The molecule has 2 heterocycles. The summed E-state index contributed by atoms with van der Waals surface area (Å²) in [5.74, 6) is -0.156. The summed E-state index contributed by atoms with van der Waals surface area (Å²) in [6, 6.07) is 1.60. The first-order valence-corrected chi connectivity index (χ1v) is 6.53. The quantitative estimate of drug-likeness (QED) is 0.631. The van der Waals surface area contributed by atoms with Gasteiger partial charge in [0.2, 0.25) is 5.91 Å². The van der Waals surface area contributed by atoms with Crippen LogP contribution in [-0.4, -0.2) is 30.5 Å². The second-order valence-electron chi connectivity index (χ2n) is 4.22. The highest BCUT2D eigenvalue weighted by Gasteiger charge is 2.32. The lowest BCUT2D eigenvalue weighted by molar-refractivity contribution is -0.117. The van der Waals surface area contributed by atoms with Gasteiger partial charge in [-0.1, -0.05) is 6.08 Å². The molecule has 5 nitrogen and oxygen atoms in total. The van der Waals surface area contributed by atoms with Gasteiger partial charge in [0.15, 0.2) is 0 Å². The van der Waals surface area contributed by atoms with Crippen LogP contribution >= 0.6 is 15.9 Å². The Kier molecular flexibility index (Phi) is 3.99. The van der Waals surface area contributed by atoms with E-state index in [1.54, 1.807) is 18.3 Å². The summed E-state index contributed by atoms with van der Waals surface area (Å²) >= 11 is 3.25. The van der Waals surface area contributed by atoms with Gasteiger partial charge in [-0.2, -0.15) is 0 Å². The maximum Gasteiger partial charge on any atom is 0.341 e. The molecule has 1 aliphatic rings. The molecule has 0 aromatic carbocycles. The molecule has 1 unspecified atom stereocenters. The molecule has 0 spiro atoms. The summed E-state index contributed by atoms with van der Waals surface area (Å²) in [6.45, 7) is 4.18. The molecule has 0 radical (unpaired) electrons. The standard InChI is InChI=1S/C13H13BrN2O3/c1-3-8-4-11(17)16(7-8)12-10(13(18)19-2)5-9(14)6-15-12/h3,5-6,8H,1,4,7H2,2H3. The molecule has 1 saturated heterocycles. The summed E-state index contributed by atoms with van der Waals surface area (Å²) in [7, 11) is 1.30. The summed E-state index contributed by atoms with van der Waals surface area (Å²) in [6.07, 6.45) is 3.69. The third kappa shape index (κ3) is 2.68. The summed E-state index contributed by atoms with van der Waals surface area (Å²) in [5.41, 5.74) is 0.273. The molecule has 6 heteroatoms. The third-order valence-corrected chi connectivity index (χ3v) is 3.42. The Morgan fingerprint density at radius 1 is 1.68 bits per heavy atom. The van der Waals surface area contributed by atoms with Crippen molar-refractivity contribution < 1.29 is 14.3 Å². The monoisotopic (exact) mass is 324 g/mol. The van der Waals surface area contributed by atoms with Crippen molar-refractivity contribution in [3.05, 3.63) is 35.0 Å². The van der Waals surface area contributed by atoms with Crippen molar-refractivity contribution in [3.8, 4) is 0 Å². The normalized spacial score (nSPS) is 18.5. The zero-order chi connectivity index (χ0) is 14.0. The lowest BCUT2D eigenvalue weighted by Crippen LogP contribution is -2.27. The van der Waals surface area contributed by atoms with E-state index < -0.39 is 5.97 Å². The van der Waals surface area contributed by atoms with Gasteiger partial charge in [0.25, 0.3) is 0 Å². The second-order valence-corrected chi connectivity index (χ2v) is 5.14. The largest absolute Gasteiger partial charge is 0.465 e. The lowest BCUT2D eigenvalue weighted by atomic mass is 10.1. The zero-order valence-corrected chi connectivity index (χ0v) is 12.0. The smallest absolute Gasteiger partial charge is 0.341 e. The van der Waals surface area contributed by atoms with E-state index in [9.17, 15) is 9.59 Å². The first-order valence-electron chi connectivity index (χ1n) is 5.73. The van der Waals surface area contributed by atoms with Crippen molar-refractivity contribution in [2.24, 2.45) is 5.92 Å². The van der Waals surface area contributed by atoms with Gasteiger partial charge < -0.3 is 4.74 Å². The Labute approximate surface area is 119 Å². The molecular formula is C13H13BrN2O3. The van der Waals surface area contributed by atoms with Gasteiger partial charge >= 0.3 is 5.97 Å². The van der Waals surface area contributed by atoms with Crippen LogP contribution in [0.1, 0.15) is 16.8 Å². The summed E-state index contributed by atoms with van der Waals surface area (Å²) < 4.78 is 5.38.